The highest BCUT2D eigenvalue weighted by atomic mass is 16.5. The van der Waals surface area contributed by atoms with Crippen molar-refractivity contribution >= 4 is 12.3 Å². The number of aldehydes is 1. The Balaban J connectivity index is 1.53. The number of nitrogens with one attached hydrogen (secondary N) is 1. The normalized spacial score (nSPS) is 43.5. The first-order chi connectivity index (χ1) is 19.1. The van der Waals surface area contributed by atoms with E-state index in [2.05, 4.69) is 58.1 Å². The highest BCUT2D eigenvalue weighted by molar-refractivity contribution is 5.90. The Morgan fingerprint density at radius 2 is 2.00 bits per heavy atom. The average Bonchev–Trinajstić information content (AvgIpc) is 3.62. The quantitative estimate of drug-likeness (QED) is 0.160. The number of rotatable bonds is 14. The average molecular weight is 557 g/mol. The van der Waals surface area contributed by atoms with E-state index in [1.165, 1.54) is 25.7 Å². The fourth-order valence-electron chi connectivity index (χ4n) is 10.9. The summed E-state index contributed by atoms with van der Waals surface area (Å²) in [6, 6.07) is 0. The summed E-state index contributed by atoms with van der Waals surface area (Å²) < 4.78 is 7.17. The van der Waals surface area contributed by atoms with Gasteiger partial charge in [-0.1, -0.05) is 71.4 Å². The topological polar surface area (TPSA) is 78.9 Å². The minimum absolute atomic E-state index is 0.0980. The summed E-state index contributed by atoms with van der Waals surface area (Å²) in [5, 5.41) is 15.1. The van der Waals surface area contributed by atoms with E-state index in [0.717, 1.165) is 63.6 Å². The number of carboxylic acid groups (broad SMARTS) is 1. The zero-order valence-corrected chi connectivity index (χ0v) is 26.1. The first-order valence-corrected chi connectivity index (χ1v) is 16.5. The van der Waals surface area contributed by atoms with Crippen LogP contribution in [-0.2, 0) is 14.3 Å². The molecule has 1 saturated heterocycles. The summed E-state index contributed by atoms with van der Waals surface area (Å²) >= 11 is 0. The molecule has 4 bridgehead atoms. The number of unbranched alkanes of at least 4 members (excludes halogenated alkanes) is 3. The number of hydrogen-bond acceptors (Lipinski definition) is 5. The summed E-state index contributed by atoms with van der Waals surface area (Å²) in [6.45, 7) is 11.6. The van der Waals surface area contributed by atoms with E-state index in [9.17, 15) is 14.7 Å². The maximum atomic E-state index is 13.9. The molecule has 5 rings (SSSR count). The van der Waals surface area contributed by atoms with Crippen LogP contribution in [0.3, 0.4) is 0 Å². The number of likely N-dealkylation sites (N-methyl/N-ethyl adjacent to an activating group) is 1. The molecule has 10 atom stereocenters. The van der Waals surface area contributed by atoms with Gasteiger partial charge in [0.2, 0.25) is 0 Å². The van der Waals surface area contributed by atoms with Crippen molar-refractivity contribution in [1.82, 2.24) is 10.2 Å². The lowest BCUT2D eigenvalue weighted by atomic mass is 9.41. The predicted octanol–water partition coefficient (Wildman–Crippen LogP) is 5.81. The highest BCUT2D eigenvalue weighted by Gasteiger charge is 2.86. The van der Waals surface area contributed by atoms with Crippen LogP contribution in [0, 0.1) is 51.8 Å². The van der Waals surface area contributed by atoms with Crippen molar-refractivity contribution < 1.29 is 19.4 Å². The molecule has 7 unspecified atom stereocenters. The van der Waals surface area contributed by atoms with E-state index in [4.69, 9.17) is 4.74 Å². The van der Waals surface area contributed by atoms with Gasteiger partial charge in [-0.25, -0.2) is 0 Å². The summed E-state index contributed by atoms with van der Waals surface area (Å²) in [7, 11) is 4.19. The molecule has 6 nitrogen and oxygen atoms in total. The van der Waals surface area contributed by atoms with Crippen molar-refractivity contribution in [3.8, 4) is 0 Å². The molecule has 0 aromatic carbocycles. The molecule has 1 heterocycles. The van der Waals surface area contributed by atoms with Gasteiger partial charge in [0.1, 0.15) is 11.7 Å². The lowest BCUT2D eigenvalue weighted by Gasteiger charge is -2.60. The van der Waals surface area contributed by atoms with Gasteiger partial charge in [-0.15, -0.1) is 0 Å². The van der Waals surface area contributed by atoms with Crippen LogP contribution in [-0.4, -0.2) is 68.2 Å². The molecule has 0 spiro atoms. The first-order valence-electron chi connectivity index (χ1n) is 16.5. The molecule has 0 aromatic rings. The van der Waals surface area contributed by atoms with E-state index in [-0.39, 0.29) is 30.0 Å². The largest absolute Gasteiger partial charge is 0.481 e. The maximum Gasteiger partial charge on any atom is 0.315 e. The Hall–Kier alpha value is -1.24. The molecule has 4 fully saturated rings. The third-order valence-electron chi connectivity index (χ3n) is 12.5. The van der Waals surface area contributed by atoms with Gasteiger partial charge in [0.05, 0.1) is 17.6 Å². The molecule has 226 valence electrons. The lowest BCUT2D eigenvalue weighted by Crippen LogP contribution is -2.65. The molecule has 0 amide bonds. The fourth-order valence-corrected chi connectivity index (χ4v) is 10.9. The van der Waals surface area contributed by atoms with Gasteiger partial charge in [0, 0.05) is 25.0 Å². The Morgan fingerprint density at radius 3 is 2.65 bits per heavy atom. The molecular weight excluding hydrogens is 500 g/mol. The van der Waals surface area contributed by atoms with Crippen LogP contribution in [0.15, 0.2) is 11.6 Å². The number of fused-ring (bicyclic) bond motifs is 2. The zero-order valence-electron chi connectivity index (χ0n) is 26.1. The van der Waals surface area contributed by atoms with Crippen LogP contribution >= 0.6 is 0 Å². The number of carbonyl (C=O) groups is 2. The number of aliphatic carboxylic acids is 1. The third-order valence-corrected chi connectivity index (χ3v) is 12.5. The van der Waals surface area contributed by atoms with Gasteiger partial charge < -0.3 is 24.9 Å². The lowest BCUT2D eigenvalue weighted by molar-refractivity contribution is -0.197. The minimum Gasteiger partial charge on any atom is -0.481 e. The van der Waals surface area contributed by atoms with Crippen LogP contribution in [0.2, 0.25) is 0 Å². The summed E-state index contributed by atoms with van der Waals surface area (Å²) in [6.07, 6.45) is 14.2. The summed E-state index contributed by atoms with van der Waals surface area (Å²) in [5.74, 6) is 0.997. The number of carbonyl (C=O) groups excluding carboxylic acids is 1. The predicted molar refractivity (Wildman–Crippen MR) is 159 cm³/mol. The van der Waals surface area contributed by atoms with Crippen LogP contribution in [0.5, 0.6) is 0 Å². The van der Waals surface area contributed by atoms with E-state index < -0.39 is 22.2 Å². The van der Waals surface area contributed by atoms with Gasteiger partial charge in [0.25, 0.3) is 0 Å². The molecule has 0 radical (unpaired) electrons. The Morgan fingerprint density at radius 1 is 1.23 bits per heavy atom. The fraction of sp³-hybridized carbons (Fsp3) is 0.882. The number of allylic oxidation sites excluding steroid dienone is 1. The van der Waals surface area contributed by atoms with Crippen LogP contribution in [0.1, 0.15) is 91.9 Å². The SMILES string of the molecule is CCCCCCC1CC(C23C[C@@H]4[C@H](C)CC[C@H]4C4(C=O)CC2C=C(C(C)C)C34C(=O)O)OC1CNCCN(C)C. The molecule has 4 aliphatic carbocycles. The Labute approximate surface area is 243 Å². The van der Waals surface area contributed by atoms with E-state index >= 15 is 0 Å². The number of nitrogens with zero attached hydrogens (tertiary/aromatic N) is 1. The molecule has 1 aliphatic heterocycles. The first kappa shape index (κ1) is 30.2. The third kappa shape index (κ3) is 4.20. The molecule has 0 aromatic heterocycles. The summed E-state index contributed by atoms with van der Waals surface area (Å²) in [4.78, 5) is 29.5. The van der Waals surface area contributed by atoms with E-state index in [0.29, 0.717) is 24.2 Å². The van der Waals surface area contributed by atoms with Crippen LogP contribution < -0.4 is 5.32 Å². The zero-order chi connectivity index (χ0) is 28.9. The van der Waals surface area contributed by atoms with Gasteiger partial charge in [-0.3, -0.25) is 4.79 Å². The van der Waals surface area contributed by atoms with Crippen molar-refractivity contribution in [2.45, 2.75) is 104 Å². The van der Waals surface area contributed by atoms with Gasteiger partial charge in [0.15, 0.2) is 0 Å². The van der Waals surface area contributed by atoms with E-state index in [1.54, 1.807) is 0 Å². The van der Waals surface area contributed by atoms with Gasteiger partial charge in [-0.05, 0) is 81.7 Å². The van der Waals surface area contributed by atoms with Crippen LogP contribution in [0.4, 0.5) is 0 Å². The second-order valence-corrected chi connectivity index (χ2v) is 14.9. The Bertz CT molecular complexity index is 979. The molecule has 2 N–H and O–H groups in total. The van der Waals surface area contributed by atoms with Crippen LogP contribution in [0.25, 0.3) is 0 Å². The smallest absolute Gasteiger partial charge is 0.315 e. The second kappa shape index (κ2) is 11.4. The standard InChI is InChI=1S/C34H56N2O4/c1-7-8-9-10-11-24-16-30(40-29(24)20-35-14-15-36(5)6)33-19-26-23(4)12-13-27(26)32(21-37)18-25(33)17-28(22(2)3)34(32,33)31(38)39/h17,21-27,29-30,35H,7-16,18-20H2,1-6H3,(H,38,39)/t23-,24?,25?,26-,27-,29?,30?,32?,33?,34?/m1/s1. The van der Waals surface area contributed by atoms with Crippen molar-refractivity contribution in [2.24, 2.45) is 51.8 Å². The molecule has 3 saturated carbocycles. The number of carboxylic acids is 1. The van der Waals surface area contributed by atoms with Crippen molar-refractivity contribution in [3.05, 3.63) is 11.6 Å². The molecule has 40 heavy (non-hydrogen) atoms. The monoisotopic (exact) mass is 556 g/mol. The molecular formula is C34H56N2O4. The van der Waals surface area contributed by atoms with Crippen molar-refractivity contribution in [3.63, 3.8) is 0 Å². The minimum atomic E-state index is -1.14. The van der Waals surface area contributed by atoms with Gasteiger partial charge >= 0.3 is 5.97 Å². The Kier molecular flexibility index (Phi) is 8.65. The molecule has 6 heteroatoms. The van der Waals surface area contributed by atoms with Crippen molar-refractivity contribution in [1.29, 1.82) is 0 Å². The van der Waals surface area contributed by atoms with Gasteiger partial charge in [-0.2, -0.15) is 0 Å². The second-order valence-electron chi connectivity index (χ2n) is 14.9. The van der Waals surface area contributed by atoms with E-state index in [1.807, 2.05) is 0 Å². The summed E-state index contributed by atoms with van der Waals surface area (Å²) in [5.41, 5.74) is -1.46. The maximum absolute atomic E-state index is 13.9. The highest BCUT2D eigenvalue weighted by Crippen LogP contribution is 2.84. The number of hydrogen-bond donors (Lipinski definition) is 2. The molecule has 5 aliphatic rings. The van der Waals surface area contributed by atoms with Crippen molar-refractivity contribution in [2.75, 3.05) is 33.7 Å². The number of ether oxygens (including phenoxy) is 1.